The van der Waals surface area contributed by atoms with E-state index in [1.54, 1.807) is 12.1 Å². The van der Waals surface area contributed by atoms with Gasteiger partial charge in [-0.3, -0.25) is 14.9 Å². The number of anilines is 2. The third-order valence-electron chi connectivity index (χ3n) is 4.34. The Kier molecular flexibility index (Phi) is 5.39. The van der Waals surface area contributed by atoms with Crippen LogP contribution in [0, 0.1) is 16.0 Å². The lowest BCUT2D eigenvalue weighted by molar-refractivity contribution is -0.384. The van der Waals surface area contributed by atoms with E-state index in [1.165, 1.54) is 24.3 Å². The highest BCUT2D eigenvalue weighted by Gasteiger charge is 2.31. The SMILES string of the molecule is O=C(Nc1ccc(OC(F)(F)F)cc1)C1CCN(c2ccc([N+](=O)[O-])cc2)C1. The molecule has 1 saturated heterocycles. The predicted octanol–water partition coefficient (Wildman–Crippen LogP) is 3.96. The number of hydrogen-bond donors (Lipinski definition) is 1. The summed E-state index contributed by atoms with van der Waals surface area (Å²) in [5, 5.41) is 13.4. The van der Waals surface area contributed by atoms with E-state index in [2.05, 4.69) is 10.1 Å². The molecule has 1 fully saturated rings. The number of hydrogen-bond acceptors (Lipinski definition) is 5. The Labute approximate surface area is 157 Å². The van der Waals surface area contributed by atoms with Gasteiger partial charge < -0.3 is 15.0 Å². The molecule has 0 saturated carbocycles. The molecule has 0 bridgehead atoms. The van der Waals surface area contributed by atoms with Crippen LogP contribution >= 0.6 is 0 Å². The van der Waals surface area contributed by atoms with Crippen LogP contribution in [-0.2, 0) is 4.79 Å². The minimum Gasteiger partial charge on any atom is -0.406 e. The fraction of sp³-hybridized carbons (Fsp3) is 0.278. The van der Waals surface area contributed by atoms with Crippen LogP contribution in [0.25, 0.3) is 0 Å². The molecule has 2 aromatic rings. The number of carbonyl (C=O) groups is 1. The van der Waals surface area contributed by atoms with Crippen molar-refractivity contribution >= 4 is 23.0 Å². The van der Waals surface area contributed by atoms with Gasteiger partial charge in [0.15, 0.2) is 0 Å². The van der Waals surface area contributed by atoms with E-state index in [0.717, 1.165) is 17.8 Å². The van der Waals surface area contributed by atoms with E-state index in [0.29, 0.717) is 25.2 Å². The monoisotopic (exact) mass is 395 g/mol. The molecule has 28 heavy (non-hydrogen) atoms. The van der Waals surface area contributed by atoms with Crippen LogP contribution in [0.3, 0.4) is 0 Å². The van der Waals surface area contributed by atoms with Gasteiger partial charge in [-0.05, 0) is 42.8 Å². The Morgan fingerprint density at radius 3 is 2.36 bits per heavy atom. The standard InChI is InChI=1S/C18H16F3N3O4/c19-18(20,21)28-16-7-1-13(2-8-16)22-17(25)12-9-10-23(11-12)14-3-5-15(6-4-14)24(26)27/h1-8,12H,9-11H2,(H,22,25). The van der Waals surface area contributed by atoms with Crippen molar-refractivity contribution in [3.8, 4) is 5.75 Å². The Hall–Kier alpha value is -3.30. The fourth-order valence-corrected chi connectivity index (χ4v) is 2.98. The van der Waals surface area contributed by atoms with Gasteiger partial charge in [-0.2, -0.15) is 0 Å². The second kappa shape index (κ2) is 7.75. The Morgan fingerprint density at radius 1 is 1.14 bits per heavy atom. The molecular weight excluding hydrogens is 379 g/mol. The van der Waals surface area contributed by atoms with Gasteiger partial charge in [0.05, 0.1) is 10.8 Å². The lowest BCUT2D eigenvalue weighted by atomic mass is 10.1. The van der Waals surface area contributed by atoms with Crippen molar-refractivity contribution in [1.82, 2.24) is 0 Å². The molecule has 0 aliphatic carbocycles. The first-order valence-electron chi connectivity index (χ1n) is 8.37. The second-order valence-corrected chi connectivity index (χ2v) is 6.27. The molecule has 7 nitrogen and oxygen atoms in total. The lowest BCUT2D eigenvalue weighted by Gasteiger charge is -2.18. The third-order valence-corrected chi connectivity index (χ3v) is 4.34. The van der Waals surface area contributed by atoms with Crippen molar-refractivity contribution in [3.05, 3.63) is 58.6 Å². The Balaban J connectivity index is 1.56. The van der Waals surface area contributed by atoms with Gasteiger partial charge in [0.25, 0.3) is 5.69 Å². The topological polar surface area (TPSA) is 84.7 Å². The minimum absolute atomic E-state index is 0.00445. The molecule has 1 heterocycles. The first-order valence-corrected chi connectivity index (χ1v) is 8.37. The van der Waals surface area contributed by atoms with E-state index in [1.807, 2.05) is 4.90 Å². The number of halogens is 3. The summed E-state index contributed by atoms with van der Waals surface area (Å²) in [6.45, 7) is 1.06. The predicted molar refractivity (Wildman–Crippen MR) is 95.2 cm³/mol. The number of rotatable bonds is 5. The van der Waals surface area contributed by atoms with Gasteiger partial charge in [-0.1, -0.05) is 0 Å². The summed E-state index contributed by atoms with van der Waals surface area (Å²) in [5.74, 6) is -0.911. The van der Waals surface area contributed by atoms with Crippen LogP contribution in [0.2, 0.25) is 0 Å². The zero-order valence-corrected chi connectivity index (χ0v) is 14.5. The number of alkyl halides is 3. The molecule has 1 aliphatic rings. The largest absolute Gasteiger partial charge is 0.573 e. The molecule has 3 rings (SSSR count). The van der Waals surface area contributed by atoms with Crippen LogP contribution < -0.4 is 15.0 Å². The van der Waals surface area contributed by atoms with Crippen molar-refractivity contribution < 1.29 is 27.6 Å². The molecular formula is C18H16F3N3O4. The molecule has 2 aromatic carbocycles. The van der Waals surface area contributed by atoms with Crippen LogP contribution in [0.1, 0.15) is 6.42 Å². The van der Waals surface area contributed by atoms with E-state index in [9.17, 15) is 28.1 Å². The fourth-order valence-electron chi connectivity index (χ4n) is 2.98. The number of nitro groups is 1. The van der Waals surface area contributed by atoms with Crippen LogP contribution in [0.15, 0.2) is 48.5 Å². The molecule has 1 amide bonds. The highest BCUT2D eigenvalue weighted by molar-refractivity contribution is 5.93. The number of non-ortho nitro benzene ring substituents is 1. The Morgan fingerprint density at radius 2 is 1.79 bits per heavy atom. The van der Waals surface area contributed by atoms with E-state index >= 15 is 0 Å². The van der Waals surface area contributed by atoms with Gasteiger partial charge in [-0.15, -0.1) is 13.2 Å². The summed E-state index contributed by atoms with van der Waals surface area (Å²) in [7, 11) is 0. The summed E-state index contributed by atoms with van der Waals surface area (Å²) in [5.41, 5.74) is 1.15. The summed E-state index contributed by atoms with van der Waals surface area (Å²) in [6, 6.07) is 11.0. The number of ether oxygens (including phenoxy) is 1. The maximum absolute atomic E-state index is 12.4. The number of nitrogens with zero attached hydrogens (tertiary/aromatic N) is 2. The summed E-state index contributed by atoms with van der Waals surface area (Å²) >= 11 is 0. The van der Waals surface area contributed by atoms with E-state index in [4.69, 9.17) is 0 Å². The third kappa shape index (κ3) is 4.90. The van der Waals surface area contributed by atoms with Gasteiger partial charge in [0, 0.05) is 36.6 Å². The second-order valence-electron chi connectivity index (χ2n) is 6.27. The Bertz CT molecular complexity index is 854. The normalized spacial score (nSPS) is 16.7. The number of carbonyl (C=O) groups excluding carboxylic acids is 1. The molecule has 1 aliphatic heterocycles. The van der Waals surface area contributed by atoms with E-state index in [-0.39, 0.29) is 23.3 Å². The van der Waals surface area contributed by atoms with Gasteiger partial charge in [0.2, 0.25) is 5.91 Å². The molecule has 0 aromatic heterocycles. The summed E-state index contributed by atoms with van der Waals surface area (Å²) in [6.07, 6.45) is -4.17. The van der Waals surface area contributed by atoms with Crippen molar-refractivity contribution in [2.24, 2.45) is 5.92 Å². The highest BCUT2D eigenvalue weighted by Crippen LogP contribution is 2.27. The number of amides is 1. The van der Waals surface area contributed by atoms with Crippen molar-refractivity contribution in [1.29, 1.82) is 0 Å². The summed E-state index contributed by atoms with van der Waals surface area (Å²) in [4.78, 5) is 24.6. The first kappa shape index (κ1) is 19.5. The average molecular weight is 395 g/mol. The van der Waals surface area contributed by atoms with Crippen molar-refractivity contribution in [2.75, 3.05) is 23.3 Å². The maximum atomic E-state index is 12.4. The number of nitro benzene ring substituents is 1. The zero-order chi connectivity index (χ0) is 20.3. The van der Waals surface area contributed by atoms with Crippen molar-refractivity contribution in [3.63, 3.8) is 0 Å². The highest BCUT2D eigenvalue weighted by atomic mass is 19.4. The van der Waals surface area contributed by atoms with Gasteiger partial charge >= 0.3 is 6.36 Å². The van der Waals surface area contributed by atoms with Gasteiger partial charge in [-0.25, -0.2) is 0 Å². The van der Waals surface area contributed by atoms with Crippen LogP contribution in [0.4, 0.5) is 30.2 Å². The molecule has 0 radical (unpaired) electrons. The van der Waals surface area contributed by atoms with E-state index < -0.39 is 11.3 Å². The molecule has 1 atom stereocenters. The molecule has 1 N–H and O–H groups in total. The quantitative estimate of drug-likeness (QED) is 0.612. The van der Waals surface area contributed by atoms with Crippen LogP contribution in [-0.4, -0.2) is 30.3 Å². The first-order chi connectivity index (χ1) is 13.2. The average Bonchev–Trinajstić information content (AvgIpc) is 3.12. The van der Waals surface area contributed by atoms with Crippen LogP contribution in [0.5, 0.6) is 5.75 Å². The number of nitrogens with one attached hydrogen (secondary N) is 1. The van der Waals surface area contributed by atoms with Crippen molar-refractivity contribution in [2.45, 2.75) is 12.8 Å². The lowest BCUT2D eigenvalue weighted by Crippen LogP contribution is -2.27. The number of benzene rings is 2. The molecule has 1 unspecified atom stereocenters. The molecule has 10 heteroatoms. The zero-order valence-electron chi connectivity index (χ0n) is 14.5. The minimum atomic E-state index is -4.77. The van der Waals surface area contributed by atoms with Gasteiger partial charge in [0.1, 0.15) is 5.75 Å². The molecule has 0 spiro atoms. The molecule has 148 valence electrons. The summed E-state index contributed by atoms with van der Waals surface area (Å²) < 4.78 is 40.3. The smallest absolute Gasteiger partial charge is 0.406 e. The maximum Gasteiger partial charge on any atom is 0.573 e.